The fourth-order valence-electron chi connectivity index (χ4n) is 2.43. The molecule has 2 aromatic rings. The van der Waals surface area contributed by atoms with Gasteiger partial charge < -0.3 is 5.32 Å². The summed E-state index contributed by atoms with van der Waals surface area (Å²) in [7, 11) is 0. The molecular formula is C19H24BrN. The molecule has 0 fully saturated rings. The molecule has 0 spiro atoms. The fraction of sp³-hybridized carbons (Fsp3) is 0.368. The third-order valence-electron chi connectivity index (χ3n) is 3.55. The Bertz CT molecular complexity index is 557. The quantitative estimate of drug-likeness (QED) is 0.788. The number of halogens is 1. The Hall–Kier alpha value is -1.12. The topological polar surface area (TPSA) is 12.0 Å². The summed E-state index contributed by atoms with van der Waals surface area (Å²) < 4.78 is 1.20. The van der Waals surface area contributed by atoms with Crippen LogP contribution in [0.4, 0.5) is 0 Å². The lowest BCUT2D eigenvalue weighted by Crippen LogP contribution is -2.39. The van der Waals surface area contributed by atoms with Gasteiger partial charge in [-0.05, 0) is 44.4 Å². The van der Waals surface area contributed by atoms with E-state index in [1.54, 1.807) is 0 Å². The SMILES string of the molecule is CC(C)(C)NCC(Cc1ccccc1)c1ccccc1Br. The number of rotatable bonds is 5. The highest BCUT2D eigenvalue weighted by Gasteiger charge is 2.18. The van der Waals surface area contributed by atoms with E-state index in [9.17, 15) is 0 Å². The van der Waals surface area contributed by atoms with Gasteiger partial charge in [-0.15, -0.1) is 0 Å². The van der Waals surface area contributed by atoms with Crippen LogP contribution in [0.25, 0.3) is 0 Å². The minimum atomic E-state index is 0.135. The van der Waals surface area contributed by atoms with Gasteiger partial charge in [0, 0.05) is 22.5 Å². The van der Waals surface area contributed by atoms with E-state index in [2.05, 4.69) is 96.6 Å². The van der Waals surface area contributed by atoms with Crippen molar-refractivity contribution in [3.8, 4) is 0 Å². The van der Waals surface area contributed by atoms with Crippen LogP contribution < -0.4 is 5.32 Å². The molecule has 0 heterocycles. The van der Waals surface area contributed by atoms with Crippen LogP contribution in [-0.2, 0) is 6.42 Å². The van der Waals surface area contributed by atoms with Gasteiger partial charge in [-0.1, -0.05) is 64.5 Å². The van der Waals surface area contributed by atoms with Crippen molar-refractivity contribution in [1.29, 1.82) is 0 Å². The van der Waals surface area contributed by atoms with Crippen LogP contribution in [0.5, 0.6) is 0 Å². The minimum absolute atomic E-state index is 0.135. The summed E-state index contributed by atoms with van der Waals surface area (Å²) in [5, 5.41) is 3.65. The van der Waals surface area contributed by atoms with Crippen molar-refractivity contribution in [2.24, 2.45) is 0 Å². The normalized spacial score (nSPS) is 13.1. The van der Waals surface area contributed by atoms with Crippen LogP contribution in [0.3, 0.4) is 0 Å². The highest BCUT2D eigenvalue weighted by molar-refractivity contribution is 9.10. The molecule has 0 aliphatic rings. The van der Waals surface area contributed by atoms with Gasteiger partial charge in [-0.2, -0.15) is 0 Å². The Morgan fingerprint density at radius 2 is 1.57 bits per heavy atom. The predicted octanol–water partition coefficient (Wildman–Crippen LogP) is 5.16. The molecule has 0 radical (unpaired) electrons. The van der Waals surface area contributed by atoms with Crippen LogP contribution in [0, 0.1) is 0 Å². The van der Waals surface area contributed by atoms with Crippen LogP contribution in [0.2, 0.25) is 0 Å². The number of hydrogen-bond acceptors (Lipinski definition) is 1. The van der Waals surface area contributed by atoms with Crippen molar-refractivity contribution < 1.29 is 0 Å². The molecular weight excluding hydrogens is 322 g/mol. The Labute approximate surface area is 136 Å². The van der Waals surface area contributed by atoms with Crippen molar-refractivity contribution in [3.63, 3.8) is 0 Å². The molecule has 0 aromatic heterocycles. The average Bonchev–Trinajstić information content (AvgIpc) is 2.44. The van der Waals surface area contributed by atoms with E-state index < -0.39 is 0 Å². The lowest BCUT2D eigenvalue weighted by molar-refractivity contribution is 0.404. The zero-order chi connectivity index (χ0) is 15.3. The van der Waals surface area contributed by atoms with Gasteiger partial charge in [-0.3, -0.25) is 0 Å². The molecule has 112 valence electrons. The van der Waals surface area contributed by atoms with Gasteiger partial charge >= 0.3 is 0 Å². The summed E-state index contributed by atoms with van der Waals surface area (Å²) in [4.78, 5) is 0. The van der Waals surface area contributed by atoms with Crippen molar-refractivity contribution in [2.75, 3.05) is 6.54 Å². The molecule has 1 N–H and O–H groups in total. The summed E-state index contributed by atoms with van der Waals surface area (Å²) in [6.07, 6.45) is 1.05. The van der Waals surface area contributed by atoms with E-state index in [0.717, 1.165) is 13.0 Å². The highest BCUT2D eigenvalue weighted by atomic mass is 79.9. The zero-order valence-electron chi connectivity index (χ0n) is 13.1. The standard InChI is InChI=1S/C19H24BrN/c1-19(2,3)21-14-16(13-15-9-5-4-6-10-15)17-11-7-8-12-18(17)20/h4-12,16,21H,13-14H2,1-3H3. The van der Waals surface area contributed by atoms with Crippen molar-refractivity contribution in [2.45, 2.75) is 38.6 Å². The van der Waals surface area contributed by atoms with E-state index in [1.165, 1.54) is 15.6 Å². The molecule has 21 heavy (non-hydrogen) atoms. The monoisotopic (exact) mass is 345 g/mol. The van der Waals surface area contributed by atoms with E-state index >= 15 is 0 Å². The average molecular weight is 346 g/mol. The minimum Gasteiger partial charge on any atom is -0.311 e. The lowest BCUT2D eigenvalue weighted by Gasteiger charge is -2.26. The van der Waals surface area contributed by atoms with Crippen LogP contribution in [0.15, 0.2) is 59.1 Å². The Kier molecular flexibility index (Phi) is 5.60. The number of hydrogen-bond donors (Lipinski definition) is 1. The van der Waals surface area contributed by atoms with E-state index in [1.807, 2.05) is 0 Å². The second kappa shape index (κ2) is 7.24. The van der Waals surface area contributed by atoms with Crippen LogP contribution in [0.1, 0.15) is 37.8 Å². The number of nitrogens with one attached hydrogen (secondary N) is 1. The van der Waals surface area contributed by atoms with Gasteiger partial charge in [0.15, 0.2) is 0 Å². The lowest BCUT2D eigenvalue weighted by atomic mass is 9.91. The first kappa shape index (κ1) is 16.3. The molecule has 1 unspecified atom stereocenters. The first-order valence-corrected chi connectivity index (χ1v) is 8.28. The second-order valence-electron chi connectivity index (χ2n) is 6.54. The van der Waals surface area contributed by atoms with Crippen molar-refractivity contribution >= 4 is 15.9 Å². The third-order valence-corrected chi connectivity index (χ3v) is 4.27. The van der Waals surface area contributed by atoms with E-state index in [4.69, 9.17) is 0 Å². The zero-order valence-corrected chi connectivity index (χ0v) is 14.7. The third kappa shape index (κ3) is 5.29. The molecule has 0 aliphatic carbocycles. The molecule has 1 nitrogen and oxygen atoms in total. The van der Waals surface area contributed by atoms with Crippen molar-refractivity contribution in [1.82, 2.24) is 5.32 Å². The summed E-state index contributed by atoms with van der Waals surface area (Å²) in [6.45, 7) is 7.62. The smallest absolute Gasteiger partial charge is 0.0210 e. The maximum atomic E-state index is 3.70. The first-order valence-electron chi connectivity index (χ1n) is 7.49. The Morgan fingerprint density at radius 3 is 2.19 bits per heavy atom. The molecule has 0 bridgehead atoms. The largest absolute Gasteiger partial charge is 0.311 e. The summed E-state index contributed by atoms with van der Waals surface area (Å²) >= 11 is 3.70. The van der Waals surface area contributed by atoms with Crippen LogP contribution in [-0.4, -0.2) is 12.1 Å². The molecule has 2 heteroatoms. The van der Waals surface area contributed by atoms with Gasteiger partial charge in [0.25, 0.3) is 0 Å². The maximum Gasteiger partial charge on any atom is 0.0210 e. The molecule has 2 rings (SSSR count). The molecule has 0 saturated carbocycles. The molecule has 2 aromatic carbocycles. The maximum absolute atomic E-state index is 3.70. The van der Waals surface area contributed by atoms with Crippen molar-refractivity contribution in [3.05, 3.63) is 70.2 Å². The fourth-order valence-corrected chi connectivity index (χ4v) is 3.03. The summed E-state index contributed by atoms with van der Waals surface area (Å²) in [5.74, 6) is 0.460. The molecule has 0 saturated heterocycles. The van der Waals surface area contributed by atoms with E-state index in [0.29, 0.717) is 5.92 Å². The Morgan fingerprint density at radius 1 is 0.952 bits per heavy atom. The first-order chi connectivity index (χ1) is 9.96. The van der Waals surface area contributed by atoms with E-state index in [-0.39, 0.29) is 5.54 Å². The Balaban J connectivity index is 2.20. The number of benzene rings is 2. The molecule has 0 amide bonds. The van der Waals surface area contributed by atoms with Gasteiger partial charge in [0.1, 0.15) is 0 Å². The molecule has 1 atom stereocenters. The van der Waals surface area contributed by atoms with Gasteiger partial charge in [0.2, 0.25) is 0 Å². The van der Waals surface area contributed by atoms with Gasteiger partial charge in [-0.25, -0.2) is 0 Å². The van der Waals surface area contributed by atoms with Crippen LogP contribution >= 0.6 is 15.9 Å². The highest BCUT2D eigenvalue weighted by Crippen LogP contribution is 2.28. The molecule has 0 aliphatic heterocycles. The second-order valence-corrected chi connectivity index (χ2v) is 7.39. The summed E-state index contributed by atoms with van der Waals surface area (Å²) in [5.41, 5.74) is 2.89. The summed E-state index contributed by atoms with van der Waals surface area (Å²) in [6, 6.07) is 19.3. The van der Waals surface area contributed by atoms with Gasteiger partial charge in [0.05, 0.1) is 0 Å². The predicted molar refractivity (Wildman–Crippen MR) is 94.8 cm³/mol.